The predicted octanol–water partition coefficient (Wildman–Crippen LogP) is 2.04. The highest BCUT2D eigenvalue weighted by Gasteiger charge is 2.42. The number of halogens is 1. The smallest absolute Gasteiger partial charge is 0.170 e. The summed E-state index contributed by atoms with van der Waals surface area (Å²) in [5.74, 6) is 0.000518. The Morgan fingerprint density at radius 3 is 2.44 bits per heavy atom. The second-order valence-electron chi connectivity index (χ2n) is 8.15. The topological polar surface area (TPSA) is 37.0 Å². The van der Waals surface area contributed by atoms with Gasteiger partial charge in [0, 0.05) is 51.6 Å². The maximum atomic E-state index is 13.2. The summed E-state index contributed by atoms with van der Waals surface area (Å²) in [6, 6.07) is 7.66. The fraction of sp³-hybridized carbons (Fsp3) is 0.714. The van der Waals surface area contributed by atoms with Gasteiger partial charge in [0.1, 0.15) is 5.82 Å². The van der Waals surface area contributed by atoms with Crippen molar-refractivity contribution in [1.29, 1.82) is 0 Å². The summed E-state index contributed by atoms with van der Waals surface area (Å²) in [4.78, 5) is 5.15. The molecule has 1 spiro atoms. The van der Waals surface area contributed by atoms with Crippen LogP contribution in [0.2, 0.25) is 0 Å². The van der Waals surface area contributed by atoms with Crippen LogP contribution in [0.3, 0.4) is 0 Å². The van der Waals surface area contributed by atoms with Crippen LogP contribution >= 0.6 is 0 Å². The predicted molar refractivity (Wildman–Crippen MR) is 103 cm³/mol. The van der Waals surface area contributed by atoms with Gasteiger partial charge in [-0.25, -0.2) is 4.39 Å². The zero-order valence-corrected chi connectivity index (χ0v) is 16.3. The Labute approximate surface area is 161 Å². The molecule has 27 heavy (non-hydrogen) atoms. The molecular formula is C21H32FN3O2. The van der Waals surface area contributed by atoms with Crippen LogP contribution in [0.15, 0.2) is 24.3 Å². The largest absolute Gasteiger partial charge is 0.347 e. The van der Waals surface area contributed by atoms with E-state index in [1.165, 1.54) is 5.56 Å². The lowest BCUT2D eigenvalue weighted by Crippen LogP contribution is -2.62. The van der Waals surface area contributed by atoms with Gasteiger partial charge < -0.3 is 19.7 Å². The fourth-order valence-corrected chi connectivity index (χ4v) is 4.68. The molecule has 1 aromatic carbocycles. The standard InChI is InChI=1S/C21H32FN3O2/c1-23-14-18(17-2-4-19(22)5-3-17)6-9-24-15-20(16-24)25-10-7-21(8-11-25)26-12-13-27-21/h2-5,18,20,23H,6-16H2,1H3. The van der Waals surface area contributed by atoms with E-state index in [1.807, 2.05) is 19.2 Å². The van der Waals surface area contributed by atoms with E-state index in [9.17, 15) is 4.39 Å². The lowest BCUT2D eigenvalue weighted by atomic mass is 9.94. The fourth-order valence-electron chi connectivity index (χ4n) is 4.68. The molecule has 3 aliphatic heterocycles. The second-order valence-corrected chi connectivity index (χ2v) is 8.15. The monoisotopic (exact) mass is 377 g/mol. The Kier molecular flexibility index (Phi) is 6.09. The molecule has 1 aromatic rings. The van der Waals surface area contributed by atoms with Gasteiger partial charge in [0.05, 0.1) is 13.2 Å². The Morgan fingerprint density at radius 2 is 1.81 bits per heavy atom. The van der Waals surface area contributed by atoms with E-state index in [2.05, 4.69) is 15.1 Å². The van der Waals surface area contributed by atoms with Crippen molar-refractivity contribution in [3.8, 4) is 0 Å². The molecule has 0 aromatic heterocycles. The molecule has 1 atom stereocenters. The molecule has 3 saturated heterocycles. The molecule has 6 heteroatoms. The summed E-state index contributed by atoms with van der Waals surface area (Å²) in [6.07, 6.45) is 3.10. The normalized spacial score (nSPS) is 25.0. The number of hydrogen-bond acceptors (Lipinski definition) is 5. The van der Waals surface area contributed by atoms with Crippen molar-refractivity contribution in [2.24, 2.45) is 0 Å². The van der Waals surface area contributed by atoms with Crippen LogP contribution in [0.4, 0.5) is 4.39 Å². The average Bonchev–Trinajstić information content (AvgIpc) is 3.10. The van der Waals surface area contributed by atoms with Gasteiger partial charge in [0.25, 0.3) is 0 Å². The molecule has 0 amide bonds. The number of nitrogens with zero attached hydrogens (tertiary/aromatic N) is 2. The maximum absolute atomic E-state index is 13.2. The van der Waals surface area contributed by atoms with Crippen LogP contribution in [-0.4, -0.2) is 81.2 Å². The van der Waals surface area contributed by atoms with E-state index in [1.54, 1.807) is 12.1 Å². The highest BCUT2D eigenvalue weighted by molar-refractivity contribution is 5.21. The molecule has 0 aliphatic carbocycles. The first-order chi connectivity index (χ1) is 13.2. The molecule has 1 unspecified atom stereocenters. The molecule has 5 nitrogen and oxygen atoms in total. The number of likely N-dealkylation sites (N-methyl/N-ethyl adjacent to an activating group) is 1. The minimum absolute atomic E-state index is 0.163. The Bertz CT molecular complexity index is 590. The molecule has 150 valence electrons. The number of ether oxygens (including phenoxy) is 2. The molecule has 0 radical (unpaired) electrons. The van der Waals surface area contributed by atoms with E-state index >= 15 is 0 Å². The van der Waals surface area contributed by atoms with Crippen molar-refractivity contribution in [2.45, 2.75) is 37.0 Å². The van der Waals surface area contributed by atoms with Gasteiger partial charge >= 0.3 is 0 Å². The molecular weight excluding hydrogens is 345 g/mol. The van der Waals surface area contributed by atoms with E-state index in [-0.39, 0.29) is 11.6 Å². The molecule has 4 rings (SSSR count). The molecule has 0 saturated carbocycles. The van der Waals surface area contributed by atoms with Crippen LogP contribution in [0.1, 0.15) is 30.7 Å². The van der Waals surface area contributed by atoms with Gasteiger partial charge in [-0.15, -0.1) is 0 Å². The zero-order valence-electron chi connectivity index (χ0n) is 16.3. The summed E-state index contributed by atoms with van der Waals surface area (Å²) >= 11 is 0. The Morgan fingerprint density at radius 1 is 1.15 bits per heavy atom. The first kappa shape index (κ1) is 19.3. The van der Waals surface area contributed by atoms with Gasteiger partial charge in [-0.1, -0.05) is 12.1 Å². The summed E-state index contributed by atoms with van der Waals surface area (Å²) in [5.41, 5.74) is 1.22. The van der Waals surface area contributed by atoms with E-state index < -0.39 is 0 Å². The molecule has 1 N–H and O–H groups in total. The Hall–Kier alpha value is -1.05. The SMILES string of the molecule is CNCC(CCN1CC(N2CCC3(CC2)OCCO3)C1)c1ccc(F)cc1. The number of nitrogens with one attached hydrogen (secondary N) is 1. The van der Waals surface area contributed by atoms with Gasteiger partial charge in [-0.3, -0.25) is 4.90 Å². The third-order valence-electron chi connectivity index (χ3n) is 6.41. The van der Waals surface area contributed by atoms with Crippen molar-refractivity contribution in [3.05, 3.63) is 35.6 Å². The quantitative estimate of drug-likeness (QED) is 0.787. The van der Waals surface area contributed by atoms with Gasteiger partial charge in [-0.2, -0.15) is 0 Å². The lowest BCUT2D eigenvalue weighted by molar-refractivity contribution is -0.191. The van der Waals surface area contributed by atoms with E-state index in [0.29, 0.717) is 12.0 Å². The van der Waals surface area contributed by atoms with Crippen LogP contribution < -0.4 is 5.32 Å². The minimum Gasteiger partial charge on any atom is -0.347 e. The van der Waals surface area contributed by atoms with Crippen molar-refractivity contribution < 1.29 is 13.9 Å². The number of hydrogen-bond donors (Lipinski definition) is 1. The van der Waals surface area contributed by atoms with Gasteiger partial charge in [0.15, 0.2) is 5.79 Å². The summed E-state index contributed by atoms with van der Waals surface area (Å²) in [6.45, 7) is 8.00. The van der Waals surface area contributed by atoms with Crippen molar-refractivity contribution >= 4 is 0 Å². The number of rotatable bonds is 7. The maximum Gasteiger partial charge on any atom is 0.170 e. The number of likely N-dealkylation sites (tertiary alicyclic amines) is 2. The molecule has 0 bridgehead atoms. The molecule has 3 fully saturated rings. The van der Waals surface area contributed by atoms with Crippen molar-refractivity contribution in [2.75, 3.05) is 59.5 Å². The second kappa shape index (κ2) is 8.53. The van der Waals surface area contributed by atoms with Crippen LogP contribution in [0, 0.1) is 5.82 Å². The average molecular weight is 378 g/mol. The van der Waals surface area contributed by atoms with Gasteiger partial charge in [0.2, 0.25) is 0 Å². The van der Waals surface area contributed by atoms with Crippen LogP contribution in [-0.2, 0) is 9.47 Å². The molecule has 3 heterocycles. The van der Waals surface area contributed by atoms with Crippen LogP contribution in [0.5, 0.6) is 0 Å². The summed E-state index contributed by atoms with van der Waals surface area (Å²) in [7, 11) is 1.98. The Balaban J connectivity index is 1.20. The zero-order chi connectivity index (χ0) is 18.7. The summed E-state index contributed by atoms with van der Waals surface area (Å²) in [5, 5.41) is 3.28. The lowest BCUT2D eigenvalue weighted by Gasteiger charge is -2.49. The van der Waals surface area contributed by atoms with E-state index in [0.717, 1.165) is 71.7 Å². The third kappa shape index (κ3) is 4.51. The van der Waals surface area contributed by atoms with E-state index in [4.69, 9.17) is 9.47 Å². The third-order valence-corrected chi connectivity index (χ3v) is 6.41. The molecule has 3 aliphatic rings. The minimum atomic E-state index is -0.268. The summed E-state index contributed by atoms with van der Waals surface area (Å²) < 4.78 is 24.8. The van der Waals surface area contributed by atoms with Gasteiger partial charge in [-0.05, 0) is 43.6 Å². The first-order valence-electron chi connectivity index (χ1n) is 10.3. The van der Waals surface area contributed by atoms with Crippen molar-refractivity contribution in [3.63, 3.8) is 0 Å². The number of piperidine rings is 1. The number of benzene rings is 1. The van der Waals surface area contributed by atoms with Crippen molar-refractivity contribution in [1.82, 2.24) is 15.1 Å². The first-order valence-corrected chi connectivity index (χ1v) is 10.3. The van der Waals surface area contributed by atoms with Crippen LogP contribution in [0.25, 0.3) is 0 Å². The highest BCUT2D eigenvalue weighted by atomic mass is 19.1. The highest BCUT2D eigenvalue weighted by Crippen LogP contribution is 2.33.